The molecule has 2 atom stereocenters. The van der Waals surface area contributed by atoms with Gasteiger partial charge >= 0.3 is 5.97 Å². The molecule has 0 amide bonds. The first-order valence-corrected chi connectivity index (χ1v) is 7.41. The van der Waals surface area contributed by atoms with Crippen LogP contribution >= 0.6 is 0 Å². The Kier molecular flexibility index (Phi) is 5.53. The minimum absolute atomic E-state index is 0.331. The molecule has 0 aromatic heterocycles. The molecule has 1 heterocycles. The monoisotopic (exact) mass is 288 g/mol. The fraction of sp³-hybridized carbons (Fsp3) is 0.471. The van der Waals surface area contributed by atoms with E-state index in [4.69, 9.17) is 0 Å². The van der Waals surface area contributed by atoms with Crippen molar-refractivity contribution < 1.29 is 9.53 Å². The summed E-state index contributed by atoms with van der Waals surface area (Å²) in [6, 6.07) is 9.41. The largest absolute Gasteiger partial charge is 0.466 e. The van der Waals surface area contributed by atoms with Crippen molar-refractivity contribution in [3.63, 3.8) is 0 Å². The summed E-state index contributed by atoms with van der Waals surface area (Å²) in [5.74, 6) is -0.331. The van der Waals surface area contributed by atoms with Crippen LogP contribution in [-0.4, -0.2) is 43.2 Å². The van der Waals surface area contributed by atoms with Gasteiger partial charge in [-0.15, -0.1) is 0 Å². The van der Waals surface area contributed by atoms with Crippen molar-refractivity contribution in [1.82, 2.24) is 10.2 Å². The Balaban J connectivity index is 1.98. The van der Waals surface area contributed by atoms with E-state index in [-0.39, 0.29) is 5.97 Å². The van der Waals surface area contributed by atoms with Gasteiger partial charge in [0.15, 0.2) is 0 Å². The number of esters is 1. The predicted octanol–water partition coefficient (Wildman–Crippen LogP) is 2.05. The minimum atomic E-state index is -0.331. The highest BCUT2D eigenvalue weighted by Gasteiger charge is 2.23. The average Bonchev–Trinajstić information content (AvgIpc) is 2.50. The topological polar surface area (TPSA) is 41.6 Å². The number of ether oxygens (including phenoxy) is 1. The van der Waals surface area contributed by atoms with Crippen LogP contribution in [0, 0.1) is 0 Å². The number of piperazine rings is 1. The van der Waals surface area contributed by atoms with E-state index in [2.05, 4.69) is 40.9 Å². The van der Waals surface area contributed by atoms with Gasteiger partial charge in [0, 0.05) is 37.8 Å². The van der Waals surface area contributed by atoms with Crippen LogP contribution in [0.15, 0.2) is 30.3 Å². The number of nitrogens with one attached hydrogen (secondary N) is 1. The molecule has 1 N–H and O–H groups in total. The van der Waals surface area contributed by atoms with Crippen LogP contribution in [0.25, 0.3) is 6.08 Å². The molecule has 1 aliphatic rings. The number of nitrogens with zero attached hydrogens (tertiary/aromatic N) is 1. The molecular weight excluding hydrogens is 264 g/mol. The van der Waals surface area contributed by atoms with E-state index in [0.29, 0.717) is 12.1 Å². The maximum Gasteiger partial charge on any atom is 0.330 e. The Morgan fingerprint density at radius 3 is 2.48 bits per heavy atom. The second kappa shape index (κ2) is 7.38. The van der Waals surface area contributed by atoms with Gasteiger partial charge in [-0.25, -0.2) is 4.79 Å². The van der Waals surface area contributed by atoms with Crippen molar-refractivity contribution in [2.75, 3.05) is 20.2 Å². The molecule has 0 aliphatic carbocycles. The SMILES string of the molecule is COC(=O)/C=C/c1ccc(CN2[C@H](C)CNC[C@@H]2C)cc1. The van der Waals surface area contributed by atoms with Crippen LogP contribution < -0.4 is 5.32 Å². The Bertz CT molecular complexity index is 486. The molecule has 0 unspecified atom stereocenters. The Morgan fingerprint density at radius 2 is 1.90 bits per heavy atom. The molecule has 4 nitrogen and oxygen atoms in total. The number of hydrogen-bond acceptors (Lipinski definition) is 4. The molecule has 1 aromatic rings. The van der Waals surface area contributed by atoms with Gasteiger partial charge in [0.1, 0.15) is 0 Å². The second-order valence-corrected chi connectivity index (χ2v) is 5.63. The Hall–Kier alpha value is -1.65. The van der Waals surface area contributed by atoms with Gasteiger partial charge < -0.3 is 10.1 Å². The van der Waals surface area contributed by atoms with E-state index >= 15 is 0 Å². The number of carbonyl (C=O) groups excluding carboxylic acids is 1. The quantitative estimate of drug-likeness (QED) is 0.680. The standard InChI is InChI=1S/C17H24N2O2/c1-13-10-18-11-14(2)19(13)12-16-6-4-15(5-7-16)8-9-17(20)21-3/h4-9,13-14,18H,10-12H2,1-3H3/b9-8+/t13-,14+. The van der Waals surface area contributed by atoms with Crippen molar-refractivity contribution in [2.24, 2.45) is 0 Å². The molecule has 114 valence electrons. The zero-order valence-electron chi connectivity index (χ0n) is 13.0. The predicted molar refractivity (Wildman–Crippen MR) is 84.8 cm³/mol. The summed E-state index contributed by atoms with van der Waals surface area (Å²) in [6.07, 6.45) is 3.21. The van der Waals surface area contributed by atoms with Gasteiger partial charge in [-0.2, -0.15) is 0 Å². The summed E-state index contributed by atoms with van der Waals surface area (Å²) >= 11 is 0. The van der Waals surface area contributed by atoms with Crippen LogP contribution in [0.5, 0.6) is 0 Å². The zero-order chi connectivity index (χ0) is 15.2. The van der Waals surface area contributed by atoms with Crippen LogP contribution in [0.2, 0.25) is 0 Å². The Labute approximate surface area is 126 Å². The molecular formula is C17H24N2O2. The van der Waals surface area contributed by atoms with Gasteiger partial charge in [-0.1, -0.05) is 24.3 Å². The molecule has 4 heteroatoms. The number of carbonyl (C=O) groups is 1. The van der Waals surface area contributed by atoms with E-state index in [1.54, 1.807) is 6.08 Å². The lowest BCUT2D eigenvalue weighted by atomic mass is 10.1. The number of hydrogen-bond donors (Lipinski definition) is 1. The molecule has 0 bridgehead atoms. The summed E-state index contributed by atoms with van der Waals surface area (Å²) in [5, 5.41) is 3.45. The third-order valence-electron chi connectivity index (χ3n) is 3.97. The van der Waals surface area contributed by atoms with Crippen molar-refractivity contribution in [1.29, 1.82) is 0 Å². The fourth-order valence-electron chi connectivity index (χ4n) is 2.66. The maximum absolute atomic E-state index is 11.1. The molecule has 0 saturated carbocycles. The first-order chi connectivity index (χ1) is 10.1. The molecule has 21 heavy (non-hydrogen) atoms. The van der Waals surface area contributed by atoms with E-state index in [1.165, 1.54) is 18.7 Å². The highest BCUT2D eigenvalue weighted by molar-refractivity contribution is 5.86. The van der Waals surface area contributed by atoms with E-state index in [9.17, 15) is 4.79 Å². The first kappa shape index (κ1) is 15.7. The van der Waals surface area contributed by atoms with Crippen molar-refractivity contribution in [2.45, 2.75) is 32.5 Å². The third kappa shape index (κ3) is 4.41. The highest BCUT2D eigenvalue weighted by Crippen LogP contribution is 2.15. The fourth-order valence-corrected chi connectivity index (χ4v) is 2.66. The van der Waals surface area contributed by atoms with Crippen LogP contribution in [0.1, 0.15) is 25.0 Å². The minimum Gasteiger partial charge on any atom is -0.466 e. The van der Waals surface area contributed by atoms with Crippen molar-refractivity contribution in [3.05, 3.63) is 41.5 Å². The highest BCUT2D eigenvalue weighted by atomic mass is 16.5. The first-order valence-electron chi connectivity index (χ1n) is 7.41. The molecule has 1 fully saturated rings. The van der Waals surface area contributed by atoms with Crippen LogP contribution in [0.3, 0.4) is 0 Å². The van der Waals surface area contributed by atoms with Gasteiger partial charge in [-0.05, 0) is 31.1 Å². The van der Waals surface area contributed by atoms with Gasteiger partial charge in [0.05, 0.1) is 7.11 Å². The van der Waals surface area contributed by atoms with E-state index in [1.807, 2.05) is 12.1 Å². The van der Waals surface area contributed by atoms with Gasteiger partial charge in [0.25, 0.3) is 0 Å². The van der Waals surface area contributed by atoms with Crippen molar-refractivity contribution >= 4 is 12.0 Å². The summed E-state index contributed by atoms with van der Waals surface area (Å²) in [5.41, 5.74) is 2.30. The van der Waals surface area contributed by atoms with Gasteiger partial charge in [0.2, 0.25) is 0 Å². The lowest BCUT2D eigenvalue weighted by Crippen LogP contribution is -2.54. The van der Waals surface area contributed by atoms with E-state index < -0.39 is 0 Å². The number of methoxy groups -OCH3 is 1. The molecule has 1 aromatic carbocycles. The summed E-state index contributed by atoms with van der Waals surface area (Å²) in [4.78, 5) is 13.6. The van der Waals surface area contributed by atoms with Gasteiger partial charge in [-0.3, -0.25) is 4.90 Å². The lowest BCUT2D eigenvalue weighted by molar-refractivity contribution is -0.134. The molecule has 2 rings (SSSR count). The average molecular weight is 288 g/mol. The molecule has 0 spiro atoms. The van der Waals surface area contributed by atoms with Crippen LogP contribution in [-0.2, 0) is 16.1 Å². The smallest absolute Gasteiger partial charge is 0.330 e. The third-order valence-corrected chi connectivity index (χ3v) is 3.97. The Morgan fingerprint density at radius 1 is 1.29 bits per heavy atom. The maximum atomic E-state index is 11.1. The summed E-state index contributed by atoms with van der Waals surface area (Å²) in [7, 11) is 1.38. The number of rotatable bonds is 4. The summed E-state index contributed by atoms with van der Waals surface area (Å²) < 4.78 is 4.58. The molecule has 1 aliphatic heterocycles. The zero-order valence-corrected chi connectivity index (χ0v) is 13.0. The lowest BCUT2D eigenvalue weighted by Gasteiger charge is -2.39. The van der Waals surface area contributed by atoms with E-state index in [0.717, 1.165) is 25.2 Å². The second-order valence-electron chi connectivity index (χ2n) is 5.63. The molecule has 0 radical (unpaired) electrons. The van der Waals surface area contributed by atoms with Crippen molar-refractivity contribution in [3.8, 4) is 0 Å². The molecule has 1 saturated heterocycles. The summed E-state index contributed by atoms with van der Waals surface area (Å²) in [6.45, 7) is 7.58. The normalized spacial score (nSPS) is 23.4. The van der Waals surface area contributed by atoms with Crippen LogP contribution in [0.4, 0.5) is 0 Å². The number of benzene rings is 1.